The first-order valence-electron chi connectivity index (χ1n) is 5.61. The van der Waals surface area contributed by atoms with E-state index in [1.54, 1.807) is 0 Å². The summed E-state index contributed by atoms with van der Waals surface area (Å²) in [6.07, 6.45) is -1.42. The molecule has 2 aliphatic rings. The van der Waals surface area contributed by atoms with Crippen molar-refractivity contribution >= 4 is 0 Å². The average Bonchev–Trinajstić information content (AvgIpc) is 2.68. The van der Waals surface area contributed by atoms with E-state index in [9.17, 15) is 5.11 Å². The zero-order chi connectivity index (χ0) is 12.0. The van der Waals surface area contributed by atoms with Crippen LogP contribution in [0.2, 0.25) is 0 Å². The molecule has 1 N–H and O–H groups in total. The predicted molar refractivity (Wildman–Crippen MR) is 55.8 cm³/mol. The third-order valence-electron chi connectivity index (χ3n) is 2.82. The van der Waals surface area contributed by atoms with Crippen molar-refractivity contribution in [2.45, 2.75) is 57.6 Å². The van der Waals surface area contributed by atoms with Crippen LogP contribution in [-0.4, -0.2) is 48.2 Å². The van der Waals surface area contributed by atoms with Gasteiger partial charge in [-0.1, -0.05) is 0 Å². The van der Waals surface area contributed by atoms with Crippen molar-refractivity contribution in [2.24, 2.45) is 0 Å². The molecule has 0 unspecified atom stereocenters. The lowest BCUT2D eigenvalue weighted by Gasteiger charge is -2.24. The molecule has 0 bridgehead atoms. The van der Waals surface area contributed by atoms with Crippen molar-refractivity contribution in [3.63, 3.8) is 0 Å². The fourth-order valence-electron chi connectivity index (χ4n) is 2.01. The Morgan fingerprint density at radius 3 is 1.56 bits per heavy atom. The summed E-state index contributed by atoms with van der Waals surface area (Å²) < 4.78 is 22.0. The van der Waals surface area contributed by atoms with E-state index in [-0.39, 0.29) is 12.2 Å². The Labute approximate surface area is 95.6 Å². The van der Waals surface area contributed by atoms with Gasteiger partial charge in [0.15, 0.2) is 11.6 Å². The van der Waals surface area contributed by atoms with Crippen LogP contribution in [0.25, 0.3) is 0 Å². The fraction of sp³-hybridized carbons (Fsp3) is 1.00. The standard InChI is InChI=1S/C11H20O5/c1-10(2)13-5-7(15-10)9(12)8-6-14-11(3,4)16-8/h7-9,12H,5-6H2,1-4H3/t7-,8-/m1/s1. The van der Waals surface area contributed by atoms with Crippen LogP contribution in [0.3, 0.4) is 0 Å². The second-order valence-corrected chi connectivity index (χ2v) is 5.22. The molecule has 0 aromatic heterocycles. The molecule has 2 aliphatic heterocycles. The van der Waals surface area contributed by atoms with Crippen molar-refractivity contribution in [1.82, 2.24) is 0 Å². The van der Waals surface area contributed by atoms with Crippen LogP contribution in [0.1, 0.15) is 27.7 Å². The largest absolute Gasteiger partial charge is 0.388 e. The summed E-state index contributed by atoms with van der Waals surface area (Å²) in [4.78, 5) is 0. The normalized spacial score (nSPS) is 37.1. The van der Waals surface area contributed by atoms with Gasteiger partial charge in [0.25, 0.3) is 0 Å². The number of aliphatic hydroxyl groups is 1. The molecule has 5 nitrogen and oxygen atoms in total. The molecule has 2 fully saturated rings. The van der Waals surface area contributed by atoms with E-state index >= 15 is 0 Å². The Morgan fingerprint density at radius 2 is 1.31 bits per heavy atom. The fourth-order valence-corrected chi connectivity index (χ4v) is 2.01. The van der Waals surface area contributed by atoms with Crippen LogP contribution in [0.5, 0.6) is 0 Å². The number of rotatable bonds is 2. The Balaban J connectivity index is 1.92. The highest BCUT2D eigenvalue weighted by molar-refractivity contribution is 4.86. The molecule has 2 saturated heterocycles. The zero-order valence-electron chi connectivity index (χ0n) is 10.2. The molecule has 0 aromatic rings. The highest BCUT2D eigenvalue weighted by Crippen LogP contribution is 2.30. The van der Waals surface area contributed by atoms with Gasteiger partial charge < -0.3 is 24.1 Å². The summed E-state index contributed by atoms with van der Waals surface area (Å²) >= 11 is 0. The smallest absolute Gasteiger partial charge is 0.163 e. The lowest BCUT2D eigenvalue weighted by molar-refractivity contribution is -0.178. The highest BCUT2D eigenvalue weighted by atomic mass is 16.8. The molecule has 5 heteroatoms. The van der Waals surface area contributed by atoms with E-state index in [2.05, 4.69) is 0 Å². The zero-order valence-corrected chi connectivity index (χ0v) is 10.2. The molecule has 2 atom stereocenters. The maximum absolute atomic E-state index is 10.1. The Bertz CT molecular complexity index is 237. The van der Waals surface area contributed by atoms with Crippen molar-refractivity contribution in [2.75, 3.05) is 13.2 Å². The molecule has 2 heterocycles. The third kappa shape index (κ3) is 2.55. The van der Waals surface area contributed by atoms with E-state index in [0.29, 0.717) is 13.2 Å². The van der Waals surface area contributed by atoms with Gasteiger partial charge in [-0.15, -0.1) is 0 Å². The molecule has 0 aromatic carbocycles. The van der Waals surface area contributed by atoms with Gasteiger partial charge >= 0.3 is 0 Å². The van der Waals surface area contributed by atoms with Crippen LogP contribution in [0.15, 0.2) is 0 Å². The van der Waals surface area contributed by atoms with E-state index in [4.69, 9.17) is 18.9 Å². The van der Waals surface area contributed by atoms with Crippen LogP contribution >= 0.6 is 0 Å². The SMILES string of the molecule is CC1(C)OC[C@H](C(O)[C@H]2COC(C)(C)O2)O1. The number of aliphatic hydroxyl groups excluding tert-OH is 1. The summed E-state index contributed by atoms with van der Waals surface area (Å²) in [5.41, 5.74) is 0. The second kappa shape index (κ2) is 3.92. The molecule has 0 amide bonds. The van der Waals surface area contributed by atoms with Crippen LogP contribution < -0.4 is 0 Å². The molecule has 0 aliphatic carbocycles. The number of hydrogen-bond donors (Lipinski definition) is 1. The molecular weight excluding hydrogens is 212 g/mol. The summed E-state index contributed by atoms with van der Waals surface area (Å²) in [7, 11) is 0. The van der Waals surface area contributed by atoms with Gasteiger partial charge in [0.2, 0.25) is 0 Å². The number of hydrogen-bond acceptors (Lipinski definition) is 5. The molecule has 0 saturated carbocycles. The van der Waals surface area contributed by atoms with Gasteiger partial charge in [0.1, 0.15) is 18.3 Å². The lowest BCUT2D eigenvalue weighted by atomic mass is 10.1. The van der Waals surface area contributed by atoms with E-state index < -0.39 is 17.7 Å². The van der Waals surface area contributed by atoms with Gasteiger partial charge in [-0.05, 0) is 27.7 Å². The highest BCUT2D eigenvalue weighted by Gasteiger charge is 2.44. The third-order valence-corrected chi connectivity index (χ3v) is 2.82. The molecule has 0 spiro atoms. The molecular formula is C11H20O5. The lowest BCUT2D eigenvalue weighted by Crippen LogP contribution is -2.41. The first kappa shape index (κ1) is 12.3. The Morgan fingerprint density at radius 1 is 0.938 bits per heavy atom. The van der Waals surface area contributed by atoms with Crippen molar-refractivity contribution in [3.05, 3.63) is 0 Å². The van der Waals surface area contributed by atoms with Crippen LogP contribution in [0.4, 0.5) is 0 Å². The van der Waals surface area contributed by atoms with Crippen LogP contribution in [-0.2, 0) is 18.9 Å². The van der Waals surface area contributed by atoms with Crippen molar-refractivity contribution < 1.29 is 24.1 Å². The summed E-state index contributed by atoms with van der Waals surface area (Å²) in [5.74, 6) is -1.25. The minimum Gasteiger partial charge on any atom is -0.388 e. The maximum Gasteiger partial charge on any atom is 0.163 e. The quantitative estimate of drug-likeness (QED) is 0.757. The summed E-state index contributed by atoms with van der Waals surface area (Å²) in [6.45, 7) is 8.08. The van der Waals surface area contributed by atoms with Gasteiger partial charge in [-0.25, -0.2) is 0 Å². The maximum atomic E-state index is 10.1. The van der Waals surface area contributed by atoms with Crippen LogP contribution in [0, 0.1) is 0 Å². The van der Waals surface area contributed by atoms with Gasteiger partial charge in [-0.3, -0.25) is 0 Å². The minimum atomic E-state index is -0.719. The van der Waals surface area contributed by atoms with Gasteiger partial charge in [0.05, 0.1) is 13.2 Å². The second-order valence-electron chi connectivity index (χ2n) is 5.22. The molecule has 0 radical (unpaired) electrons. The summed E-state index contributed by atoms with van der Waals surface area (Å²) in [6, 6.07) is 0. The molecule has 16 heavy (non-hydrogen) atoms. The van der Waals surface area contributed by atoms with E-state index in [1.165, 1.54) is 0 Å². The minimum absolute atomic E-state index is 0.350. The van der Waals surface area contributed by atoms with Crippen molar-refractivity contribution in [1.29, 1.82) is 0 Å². The van der Waals surface area contributed by atoms with E-state index in [0.717, 1.165) is 0 Å². The average molecular weight is 232 g/mol. The summed E-state index contributed by atoms with van der Waals surface area (Å²) in [5, 5.41) is 10.1. The molecule has 94 valence electrons. The van der Waals surface area contributed by atoms with E-state index in [1.807, 2.05) is 27.7 Å². The van der Waals surface area contributed by atoms with Gasteiger partial charge in [0, 0.05) is 0 Å². The predicted octanol–water partition coefficient (Wildman–Crippen LogP) is 0.650. The first-order chi connectivity index (χ1) is 7.29. The Hall–Kier alpha value is -0.200. The van der Waals surface area contributed by atoms with Gasteiger partial charge in [-0.2, -0.15) is 0 Å². The molecule has 2 rings (SSSR count). The Kier molecular flexibility index (Phi) is 3.01. The first-order valence-corrected chi connectivity index (χ1v) is 5.61. The number of ether oxygens (including phenoxy) is 4. The van der Waals surface area contributed by atoms with Crippen molar-refractivity contribution in [3.8, 4) is 0 Å². The monoisotopic (exact) mass is 232 g/mol. The topological polar surface area (TPSA) is 57.2 Å².